The molecular weight excluding hydrogens is 247 g/mol. The van der Waals surface area contributed by atoms with Crippen molar-refractivity contribution >= 4 is 23.2 Å². The van der Waals surface area contributed by atoms with Crippen LogP contribution in [0.2, 0.25) is 10.0 Å². The lowest BCUT2D eigenvalue weighted by atomic mass is 10.0. The van der Waals surface area contributed by atoms with Crippen molar-refractivity contribution < 1.29 is 9.84 Å². The number of hydrogen-bond acceptors (Lipinski definition) is 2. The zero-order valence-corrected chi connectivity index (χ0v) is 10.3. The van der Waals surface area contributed by atoms with Gasteiger partial charge in [-0.25, -0.2) is 0 Å². The van der Waals surface area contributed by atoms with Gasteiger partial charge in [-0.3, -0.25) is 0 Å². The molecular formula is C12H14Cl2O2. The van der Waals surface area contributed by atoms with E-state index < -0.39 is 6.10 Å². The average molecular weight is 261 g/mol. The summed E-state index contributed by atoms with van der Waals surface area (Å²) in [6.07, 6.45) is 1.93. The smallest absolute Gasteiger partial charge is 0.0842 e. The number of ether oxygens (including phenoxy) is 1. The molecule has 2 unspecified atom stereocenters. The molecule has 0 amide bonds. The van der Waals surface area contributed by atoms with E-state index in [9.17, 15) is 5.11 Å². The Kier molecular flexibility index (Phi) is 4.09. The van der Waals surface area contributed by atoms with E-state index in [4.69, 9.17) is 27.9 Å². The zero-order chi connectivity index (χ0) is 11.5. The van der Waals surface area contributed by atoms with Crippen LogP contribution < -0.4 is 0 Å². The first kappa shape index (κ1) is 12.2. The Morgan fingerprint density at radius 3 is 2.88 bits per heavy atom. The lowest BCUT2D eigenvalue weighted by molar-refractivity contribution is -0.000761. The highest BCUT2D eigenvalue weighted by atomic mass is 35.5. The van der Waals surface area contributed by atoms with Crippen molar-refractivity contribution in [2.75, 3.05) is 6.61 Å². The number of benzene rings is 1. The third-order valence-corrected chi connectivity index (χ3v) is 3.43. The molecule has 1 aromatic rings. The molecule has 88 valence electrons. The lowest BCUT2D eigenvalue weighted by Gasteiger charge is -2.17. The maximum Gasteiger partial charge on any atom is 0.0842 e. The summed E-state index contributed by atoms with van der Waals surface area (Å²) in [5.41, 5.74) is 0.911. The molecule has 4 heteroatoms. The van der Waals surface area contributed by atoms with E-state index in [1.807, 2.05) is 6.07 Å². The highest BCUT2D eigenvalue weighted by molar-refractivity contribution is 6.35. The van der Waals surface area contributed by atoms with Gasteiger partial charge in [-0.2, -0.15) is 0 Å². The normalized spacial score (nSPS) is 22.3. The van der Waals surface area contributed by atoms with Crippen molar-refractivity contribution in [2.24, 2.45) is 0 Å². The van der Waals surface area contributed by atoms with E-state index in [2.05, 4.69) is 0 Å². The Morgan fingerprint density at radius 1 is 1.44 bits per heavy atom. The van der Waals surface area contributed by atoms with Gasteiger partial charge in [0.05, 0.1) is 12.2 Å². The van der Waals surface area contributed by atoms with Crippen LogP contribution in [0.5, 0.6) is 0 Å². The second-order valence-electron chi connectivity index (χ2n) is 4.06. The minimum absolute atomic E-state index is 0.0493. The van der Waals surface area contributed by atoms with Crippen LogP contribution in [-0.2, 0) is 11.2 Å². The standard InChI is InChI=1S/C12H14Cl2O2/c13-9-4-3-8(10(14)7-9)6-11(15)12-2-1-5-16-12/h3-4,7,11-12,15H,1-2,5-6H2. The first-order valence-electron chi connectivity index (χ1n) is 5.40. The van der Waals surface area contributed by atoms with Gasteiger partial charge in [0.1, 0.15) is 0 Å². The molecule has 1 aliphatic heterocycles. The largest absolute Gasteiger partial charge is 0.390 e. The van der Waals surface area contributed by atoms with Crippen LogP contribution in [0.3, 0.4) is 0 Å². The number of rotatable bonds is 3. The molecule has 0 radical (unpaired) electrons. The van der Waals surface area contributed by atoms with Crippen LogP contribution in [0.25, 0.3) is 0 Å². The van der Waals surface area contributed by atoms with E-state index >= 15 is 0 Å². The van der Waals surface area contributed by atoms with Crippen LogP contribution in [0.1, 0.15) is 18.4 Å². The van der Waals surface area contributed by atoms with Crippen molar-refractivity contribution in [1.82, 2.24) is 0 Å². The van der Waals surface area contributed by atoms with E-state index in [1.165, 1.54) is 0 Å². The van der Waals surface area contributed by atoms with Crippen molar-refractivity contribution in [1.29, 1.82) is 0 Å². The molecule has 16 heavy (non-hydrogen) atoms. The van der Waals surface area contributed by atoms with Gasteiger partial charge in [-0.05, 0) is 30.5 Å². The van der Waals surface area contributed by atoms with Crippen molar-refractivity contribution in [2.45, 2.75) is 31.5 Å². The predicted octanol–water partition coefficient (Wildman–Crippen LogP) is 3.08. The minimum atomic E-state index is -0.485. The third-order valence-electron chi connectivity index (χ3n) is 2.84. The summed E-state index contributed by atoms with van der Waals surface area (Å²) in [5, 5.41) is 11.2. The van der Waals surface area contributed by atoms with Crippen molar-refractivity contribution in [3.05, 3.63) is 33.8 Å². The zero-order valence-electron chi connectivity index (χ0n) is 8.83. The van der Waals surface area contributed by atoms with Crippen LogP contribution >= 0.6 is 23.2 Å². The molecule has 0 bridgehead atoms. The van der Waals surface area contributed by atoms with Gasteiger partial charge >= 0.3 is 0 Å². The summed E-state index contributed by atoms with van der Waals surface area (Å²) in [6, 6.07) is 5.33. The summed E-state index contributed by atoms with van der Waals surface area (Å²) in [5.74, 6) is 0. The predicted molar refractivity (Wildman–Crippen MR) is 65.1 cm³/mol. The summed E-state index contributed by atoms with van der Waals surface area (Å²) in [6.45, 7) is 0.746. The van der Waals surface area contributed by atoms with Crippen molar-refractivity contribution in [3.8, 4) is 0 Å². The summed E-state index contributed by atoms with van der Waals surface area (Å²) in [4.78, 5) is 0. The molecule has 0 saturated carbocycles. The topological polar surface area (TPSA) is 29.5 Å². The fourth-order valence-corrected chi connectivity index (χ4v) is 2.44. The van der Waals surface area contributed by atoms with Gasteiger partial charge in [0.25, 0.3) is 0 Å². The Bertz CT molecular complexity index is 362. The molecule has 1 saturated heterocycles. The molecule has 1 aromatic carbocycles. The Hall–Kier alpha value is -0.280. The minimum Gasteiger partial charge on any atom is -0.390 e. The van der Waals surface area contributed by atoms with Crippen molar-refractivity contribution in [3.63, 3.8) is 0 Å². The Labute approximate surface area is 105 Å². The first-order valence-corrected chi connectivity index (χ1v) is 6.16. The molecule has 2 rings (SSSR count). The summed E-state index contributed by atoms with van der Waals surface area (Å²) in [7, 11) is 0. The molecule has 0 aliphatic carbocycles. The lowest BCUT2D eigenvalue weighted by Crippen LogP contribution is -2.27. The van der Waals surface area contributed by atoms with Gasteiger partial charge in [-0.15, -0.1) is 0 Å². The van der Waals surface area contributed by atoms with Gasteiger partial charge in [-0.1, -0.05) is 29.3 Å². The molecule has 1 heterocycles. The number of halogens is 2. The van der Waals surface area contributed by atoms with Gasteiger partial charge in [0, 0.05) is 23.1 Å². The number of hydrogen-bond donors (Lipinski definition) is 1. The van der Waals surface area contributed by atoms with Crippen LogP contribution in [0.15, 0.2) is 18.2 Å². The molecule has 1 fully saturated rings. The van der Waals surface area contributed by atoms with Gasteiger partial charge in [0.15, 0.2) is 0 Å². The van der Waals surface area contributed by atoms with Crippen LogP contribution in [0, 0.1) is 0 Å². The fourth-order valence-electron chi connectivity index (χ4n) is 1.95. The number of aliphatic hydroxyl groups excluding tert-OH is 1. The Morgan fingerprint density at radius 2 is 2.25 bits per heavy atom. The second-order valence-corrected chi connectivity index (χ2v) is 4.90. The quantitative estimate of drug-likeness (QED) is 0.906. The van der Waals surface area contributed by atoms with Gasteiger partial charge < -0.3 is 9.84 Å². The maximum atomic E-state index is 9.98. The fraction of sp³-hybridized carbons (Fsp3) is 0.500. The van der Waals surface area contributed by atoms with E-state index in [-0.39, 0.29) is 6.10 Å². The maximum absolute atomic E-state index is 9.98. The highest BCUT2D eigenvalue weighted by Crippen LogP contribution is 2.24. The Balaban J connectivity index is 2.02. The third kappa shape index (κ3) is 2.89. The van der Waals surface area contributed by atoms with Gasteiger partial charge in [0.2, 0.25) is 0 Å². The van der Waals surface area contributed by atoms with E-state index in [0.717, 1.165) is 25.0 Å². The van der Waals surface area contributed by atoms with Crippen LogP contribution in [0.4, 0.5) is 0 Å². The molecule has 2 atom stereocenters. The molecule has 0 aromatic heterocycles. The molecule has 0 spiro atoms. The van der Waals surface area contributed by atoms with E-state index in [1.54, 1.807) is 12.1 Å². The molecule has 1 N–H and O–H groups in total. The SMILES string of the molecule is OC(Cc1ccc(Cl)cc1Cl)C1CCCO1. The summed E-state index contributed by atoms with van der Waals surface area (Å²) >= 11 is 11.9. The average Bonchev–Trinajstić information content (AvgIpc) is 2.75. The van der Waals surface area contributed by atoms with Crippen LogP contribution in [-0.4, -0.2) is 23.9 Å². The van der Waals surface area contributed by atoms with E-state index in [0.29, 0.717) is 16.5 Å². The molecule has 1 aliphatic rings. The molecule has 2 nitrogen and oxygen atoms in total. The first-order chi connectivity index (χ1) is 7.66. The summed E-state index contributed by atoms with van der Waals surface area (Å²) < 4.78 is 5.43. The monoisotopic (exact) mass is 260 g/mol. The second kappa shape index (κ2) is 5.37. The highest BCUT2D eigenvalue weighted by Gasteiger charge is 2.24. The number of aliphatic hydroxyl groups is 1.